The fraction of sp³-hybridized carbons (Fsp3) is 0.214. The predicted molar refractivity (Wildman–Crippen MR) is 68.1 cm³/mol. The zero-order valence-corrected chi connectivity index (χ0v) is 9.97. The second kappa shape index (κ2) is 5.91. The van der Waals surface area contributed by atoms with Crippen molar-refractivity contribution in [1.82, 2.24) is 4.57 Å². The van der Waals surface area contributed by atoms with Gasteiger partial charge in [0.2, 0.25) is 0 Å². The van der Waals surface area contributed by atoms with Crippen molar-refractivity contribution in [3.8, 4) is 5.69 Å². The van der Waals surface area contributed by atoms with Crippen LogP contribution in [0.2, 0.25) is 0 Å². The van der Waals surface area contributed by atoms with Gasteiger partial charge in [-0.15, -0.1) is 0 Å². The quantitative estimate of drug-likeness (QED) is 0.716. The maximum Gasteiger partial charge on any atom is 0.255 e. The van der Waals surface area contributed by atoms with Crippen molar-refractivity contribution in [2.45, 2.75) is 20.8 Å². The molecule has 0 saturated heterocycles. The highest BCUT2D eigenvalue weighted by atomic mass is 16.1. The van der Waals surface area contributed by atoms with Crippen molar-refractivity contribution < 1.29 is 0 Å². The Bertz CT molecular complexity index is 486. The molecule has 0 N–H and O–H groups in total. The Hall–Kier alpha value is -1.83. The van der Waals surface area contributed by atoms with Crippen LogP contribution in [0.4, 0.5) is 0 Å². The van der Waals surface area contributed by atoms with Crippen molar-refractivity contribution in [2.75, 3.05) is 0 Å². The lowest BCUT2D eigenvalue weighted by atomic mass is 10.3. The number of benzene rings is 1. The molecule has 0 unspecified atom stereocenters. The van der Waals surface area contributed by atoms with Crippen LogP contribution in [0.1, 0.15) is 19.4 Å². The summed E-state index contributed by atoms with van der Waals surface area (Å²) in [6.07, 6.45) is 1.84. The first-order valence-electron chi connectivity index (χ1n) is 5.52. The van der Waals surface area contributed by atoms with Gasteiger partial charge in [0.05, 0.1) is 0 Å². The Labute approximate surface area is 96.2 Å². The second-order valence-corrected chi connectivity index (χ2v) is 3.25. The molecule has 0 bridgehead atoms. The highest BCUT2D eigenvalue weighted by Crippen LogP contribution is 2.04. The number of hydrogen-bond acceptors (Lipinski definition) is 1. The Balaban J connectivity index is 0.000000606. The van der Waals surface area contributed by atoms with Gasteiger partial charge < -0.3 is 0 Å². The third-order valence-corrected chi connectivity index (χ3v) is 2.09. The van der Waals surface area contributed by atoms with Crippen LogP contribution in [-0.4, -0.2) is 4.57 Å². The molecule has 1 aromatic heterocycles. The lowest BCUT2D eigenvalue weighted by Gasteiger charge is -2.05. The van der Waals surface area contributed by atoms with Gasteiger partial charge in [0, 0.05) is 18.0 Å². The summed E-state index contributed by atoms with van der Waals surface area (Å²) in [5, 5.41) is 0. The smallest absolute Gasteiger partial charge is 0.255 e. The molecule has 0 aliphatic carbocycles. The van der Waals surface area contributed by atoms with Gasteiger partial charge in [-0.3, -0.25) is 9.36 Å². The Morgan fingerprint density at radius 3 is 2.19 bits per heavy atom. The normalized spacial score (nSPS) is 9.19. The molecular weight excluding hydrogens is 198 g/mol. The van der Waals surface area contributed by atoms with E-state index >= 15 is 0 Å². The van der Waals surface area contributed by atoms with Crippen molar-refractivity contribution in [2.24, 2.45) is 0 Å². The van der Waals surface area contributed by atoms with Crippen LogP contribution in [0.25, 0.3) is 5.69 Å². The summed E-state index contributed by atoms with van der Waals surface area (Å²) in [5.74, 6) is 0. The van der Waals surface area contributed by atoms with Gasteiger partial charge in [0.25, 0.3) is 5.56 Å². The summed E-state index contributed by atoms with van der Waals surface area (Å²) in [7, 11) is 0. The van der Waals surface area contributed by atoms with Gasteiger partial charge in [0.15, 0.2) is 0 Å². The van der Waals surface area contributed by atoms with E-state index in [4.69, 9.17) is 0 Å². The van der Waals surface area contributed by atoms with E-state index in [1.165, 1.54) is 0 Å². The number of para-hydroxylation sites is 1. The maximum atomic E-state index is 11.5. The lowest BCUT2D eigenvalue weighted by Crippen LogP contribution is -2.16. The van der Waals surface area contributed by atoms with E-state index in [-0.39, 0.29) is 5.56 Å². The molecule has 0 amide bonds. The van der Waals surface area contributed by atoms with Crippen LogP contribution in [0, 0.1) is 6.92 Å². The monoisotopic (exact) mass is 215 g/mol. The van der Waals surface area contributed by atoms with Crippen LogP contribution in [0.5, 0.6) is 0 Å². The number of aromatic nitrogens is 1. The molecule has 0 radical (unpaired) electrons. The van der Waals surface area contributed by atoms with Gasteiger partial charge >= 0.3 is 0 Å². The Kier molecular flexibility index (Phi) is 4.52. The number of aryl methyl sites for hydroxylation is 1. The first kappa shape index (κ1) is 12.2. The average Bonchev–Trinajstić information content (AvgIpc) is 2.36. The number of rotatable bonds is 1. The third-order valence-electron chi connectivity index (χ3n) is 2.09. The average molecular weight is 215 g/mol. The molecule has 1 heterocycles. The van der Waals surface area contributed by atoms with E-state index in [0.717, 1.165) is 11.3 Å². The van der Waals surface area contributed by atoms with Crippen molar-refractivity contribution in [3.05, 3.63) is 64.6 Å². The molecule has 16 heavy (non-hydrogen) atoms. The first-order chi connectivity index (χ1) is 7.77. The first-order valence-corrected chi connectivity index (χ1v) is 5.52. The highest BCUT2D eigenvalue weighted by molar-refractivity contribution is 5.32. The minimum atomic E-state index is 0.00167. The van der Waals surface area contributed by atoms with Crippen LogP contribution in [0.15, 0.2) is 53.5 Å². The summed E-state index contributed by atoms with van der Waals surface area (Å²) in [6, 6.07) is 13.0. The molecule has 0 aliphatic heterocycles. The van der Waals surface area contributed by atoms with Crippen LogP contribution in [0.3, 0.4) is 0 Å². The van der Waals surface area contributed by atoms with E-state index < -0.39 is 0 Å². The molecule has 0 spiro atoms. The summed E-state index contributed by atoms with van der Waals surface area (Å²) in [4.78, 5) is 11.5. The Morgan fingerprint density at radius 1 is 0.938 bits per heavy atom. The molecule has 0 saturated carbocycles. The van der Waals surface area contributed by atoms with Gasteiger partial charge in [-0.2, -0.15) is 0 Å². The van der Waals surface area contributed by atoms with Crippen LogP contribution < -0.4 is 5.56 Å². The summed E-state index contributed by atoms with van der Waals surface area (Å²) >= 11 is 0. The SMILES string of the molecule is CC.Cc1ccc(=O)n(-c2ccccc2)c1. The maximum absolute atomic E-state index is 11.5. The van der Waals surface area contributed by atoms with Crippen molar-refractivity contribution in [1.29, 1.82) is 0 Å². The van der Waals surface area contributed by atoms with Crippen molar-refractivity contribution >= 4 is 0 Å². The topological polar surface area (TPSA) is 22.0 Å². The standard InChI is InChI=1S/C12H11NO.C2H6/c1-10-7-8-12(14)13(9-10)11-5-3-2-4-6-11;1-2/h2-9H,1H3;1-2H3. The molecule has 2 heteroatoms. The number of pyridine rings is 1. The summed E-state index contributed by atoms with van der Waals surface area (Å²) < 4.78 is 1.65. The minimum absolute atomic E-state index is 0.00167. The molecule has 0 aliphatic rings. The summed E-state index contributed by atoms with van der Waals surface area (Å²) in [6.45, 7) is 5.97. The van der Waals surface area contributed by atoms with E-state index in [9.17, 15) is 4.79 Å². The zero-order chi connectivity index (χ0) is 12.0. The van der Waals surface area contributed by atoms with Gasteiger partial charge in [-0.1, -0.05) is 38.1 Å². The highest BCUT2D eigenvalue weighted by Gasteiger charge is 1.97. The predicted octanol–water partition coefficient (Wildman–Crippen LogP) is 3.17. The third kappa shape index (κ3) is 2.83. The zero-order valence-electron chi connectivity index (χ0n) is 9.97. The number of nitrogens with zero attached hydrogens (tertiary/aromatic N) is 1. The van der Waals surface area contributed by atoms with E-state index in [2.05, 4.69) is 0 Å². The van der Waals surface area contributed by atoms with E-state index in [1.54, 1.807) is 10.6 Å². The van der Waals surface area contributed by atoms with E-state index in [0.29, 0.717) is 0 Å². The second-order valence-electron chi connectivity index (χ2n) is 3.25. The molecule has 84 valence electrons. The Morgan fingerprint density at radius 2 is 1.56 bits per heavy atom. The summed E-state index contributed by atoms with van der Waals surface area (Å²) in [5.41, 5.74) is 1.98. The van der Waals surface area contributed by atoms with Crippen LogP contribution in [-0.2, 0) is 0 Å². The van der Waals surface area contributed by atoms with Gasteiger partial charge in [-0.25, -0.2) is 0 Å². The fourth-order valence-electron chi connectivity index (χ4n) is 1.38. The largest absolute Gasteiger partial charge is 0.284 e. The molecule has 0 atom stereocenters. The fourth-order valence-corrected chi connectivity index (χ4v) is 1.38. The molecular formula is C14H17NO. The van der Waals surface area contributed by atoms with Gasteiger partial charge in [-0.05, 0) is 24.6 Å². The lowest BCUT2D eigenvalue weighted by molar-refractivity contribution is 0.976. The number of hydrogen-bond donors (Lipinski definition) is 0. The molecule has 0 fully saturated rings. The van der Waals surface area contributed by atoms with E-state index in [1.807, 2.05) is 63.4 Å². The molecule has 2 aromatic rings. The van der Waals surface area contributed by atoms with Crippen molar-refractivity contribution in [3.63, 3.8) is 0 Å². The molecule has 2 rings (SSSR count). The minimum Gasteiger partial charge on any atom is -0.284 e. The molecule has 2 nitrogen and oxygen atoms in total. The molecule has 1 aromatic carbocycles. The van der Waals surface area contributed by atoms with Gasteiger partial charge in [0.1, 0.15) is 0 Å². The van der Waals surface area contributed by atoms with Crippen LogP contribution >= 0.6 is 0 Å².